The first-order chi connectivity index (χ1) is 7.79. The fourth-order valence-electron chi connectivity index (χ4n) is 1.26. The summed E-state index contributed by atoms with van der Waals surface area (Å²) in [5.74, 6) is -1.24. The number of rotatable bonds is 4. The monoisotopic (exact) mass is 254 g/mol. The van der Waals surface area contributed by atoms with Crippen LogP contribution in [0.2, 0.25) is 0 Å². The highest BCUT2D eigenvalue weighted by Crippen LogP contribution is 2.15. The van der Waals surface area contributed by atoms with E-state index in [1.54, 1.807) is 27.7 Å². The SMILES string of the molecule is CC(C(=O)Cc1cccs1)C(=O)OC(C)(C)C. The van der Waals surface area contributed by atoms with Gasteiger partial charge in [-0.3, -0.25) is 9.59 Å². The number of carbonyl (C=O) groups excluding carboxylic acids is 2. The number of ketones is 1. The van der Waals surface area contributed by atoms with Crippen LogP contribution in [0.4, 0.5) is 0 Å². The third-order valence-corrected chi connectivity index (χ3v) is 3.05. The predicted molar refractivity (Wildman–Crippen MR) is 68.0 cm³/mol. The molecule has 1 aromatic rings. The summed E-state index contributed by atoms with van der Waals surface area (Å²) < 4.78 is 5.18. The second kappa shape index (κ2) is 5.45. The van der Waals surface area contributed by atoms with Crippen molar-refractivity contribution in [2.75, 3.05) is 0 Å². The molecule has 0 N–H and O–H groups in total. The van der Waals surface area contributed by atoms with Crippen LogP contribution in [0.1, 0.15) is 32.6 Å². The fraction of sp³-hybridized carbons (Fsp3) is 0.538. The topological polar surface area (TPSA) is 43.4 Å². The molecule has 1 heterocycles. The van der Waals surface area contributed by atoms with Gasteiger partial charge in [-0.25, -0.2) is 0 Å². The van der Waals surface area contributed by atoms with Gasteiger partial charge in [0.1, 0.15) is 11.5 Å². The Morgan fingerprint density at radius 3 is 2.53 bits per heavy atom. The van der Waals surface area contributed by atoms with Gasteiger partial charge in [0.2, 0.25) is 0 Å². The summed E-state index contributed by atoms with van der Waals surface area (Å²) in [6.45, 7) is 6.98. The minimum atomic E-state index is -0.698. The Balaban J connectivity index is 2.55. The zero-order valence-corrected chi connectivity index (χ0v) is 11.5. The van der Waals surface area contributed by atoms with E-state index < -0.39 is 17.5 Å². The van der Waals surface area contributed by atoms with Gasteiger partial charge in [-0.15, -0.1) is 11.3 Å². The van der Waals surface area contributed by atoms with Crippen LogP contribution in [0.5, 0.6) is 0 Å². The minimum Gasteiger partial charge on any atom is -0.459 e. The van der Waals surface area contributed by atoms with Crippen LogP contribution in [-0.2, 0) is 20.7 Å². The highest BCUT2D eigenvalue weighted by molar-refractivity contribution is 7.10. The largest absolute Gasteiger partial charge is 0.459 e. The Kier molecular flexibility index (Phi) is 4.46. The summed E-state index contributed by atoms with van der Waals surface area (Å²) in [5, 5.41) is 1.92. The van der Waals surface area contributed by atoms with Gasteiger partial charge in [-0.2, -0.15) is 0 Å². The summed E-state index contributed by atoms with van der Waals surface area (Å²) in [7, 11) is 0. The molecule has 94 valence electrons. The van der Waals surface area contributed by atoms with Crippen LogP contribution in [0, 0.1) is 5.92 Å². The molecule has 3 nitrogen and oxygen atoms in total. The number of Topliss-reactive ketones (excluding diaryl/α,β-unsaturated/α-hetero) is 1. The van der Waals surface area contributed by atoms with Gasteiger partial charge in [0, 0.05) is 11.3 Å². The molecule has 4 heteroatoms. The average Bonchev–Trinajstić information content (AvgIpc) is 2.66. The van der Waals surface area contributed by atoms with Crippen LogP contribution >= 0.6 is 11.3 Å². The minimum absolute atomic E-state index is 0.0956. The summed E-state index contributed by atoms with van der Waals surface area (Å²) in [4.78, 5) is 24.5. The number of ether oxygens (including phenoxy) is 1. The maximum absolute atomic E-state index is 11.8. The van der Waals surface area contributed by atoms with Crippen molar-refractivity contribution in [2.24, 2.45) is 5.92 Å². The second-order valence-corrected chi connectivity index (χ2v) is 6.01. The molecule has 1 aromatic heterocycles. The van der Waals surface area contributed by atoms with Gasteiger partial charge < -0.3 is 4.74 Å². The van der Waals surface area contributed by atoms with Gasteiger partial charge in [-0.05, 0) is 39.1 Å². The van der Waals surface area contributed by atoms with Crippen molar-refractivity contribution in [1.29, 1.82) is 0 Å². The number of carbonyl (C=O) groups is 2. The summed E-state index contributed by atoms with van der Waals surface area (Å²) in [6, 6.07) is 3.79. The Labute approximate surface area is 106 Å². The van der Waals surface area contributed by atoms with Crippen molar-refractivity contribution in [1.82, 2.24) is 0 Å². The molecule has 1 unspecified atom stereocenters. The van der Waals surface area contributed by atoms with E-state index in [4.69, 9.17) is 4.74 Å². The number of esters is 1. The van der Waals surface area contributed by atoms with Gasteiger partial charge in [-0.1, -0.05) is 6.07 Å². The van der Waals surface area contributed by atoms with Crippen molar-refractivity contribution in [3.8, 4) is 0 Å². The van der Waals surface area contributed by atoms with Crippen molar-refractivity contribution in [3.63, 3.8) is 0 Å². The maximum Gasteiger partial charge on any atom is 0.316 e. The van der Waals surface area contributed by atoms with E-state index in [0.29, 0.717) is 6.42 Å². The summed E-state index contributed by atoms with van der Waals surface area (Å²) in [6.07, 6.45) is 0.304. The molecule has 0 aliphatic heterocycles. The Morgan fingerprint density at radius 1 is 1.41 bits per heavy atom. The van der Waals surface area contributed by atoms with Crippen LogP contribution in [0.15, 0.2) is 17.5 Å². The van der Waals surface area contributed by atoms with E-state index >= 15 is 0 Å². The molecular weight excluding hydrogens is 236 g/mol. The number of hydrogen-bond donors (Lipinski definition) is 0. The lowest BCUT2D eigenvalue weighted by Gasteiger charge is -2.21. The molecule has 0 saturated carbocycles. The molecule has 0 amide bonds. The first kappa shape index (κ1) is 13.9. The van der Waals surface area contributed by atoms with E-state index in [0.717, 1.165) is 4.88 Å². The first-order valence-electron chi connectivity index (χ1n) is 5.57. The lowest BCUT2D eigenvalue weighted by molar-refractivity contribution is -0.161. The van der Waals surface area contributed by atoms with E-state index in [1.165, 1.54) is 11.3 Å². The zero-order valence-electron chi connectivity index (χ0n) is 10.6. The second-order valence-electron chi connectivity index (χ2n) is 4.98. The third-order valence-electron chi connectivity index (χ3n) is 2.17. The van der Waals surface area contributed by atoms with Crippen molar-refractivity contribution < 1.29 is 14.3 Å². The molecule has 0 aromatic carbocycles. The normalized spacial score (nSPS) is 13.2. The average molecular weight is 254 g/mol. The Bertz CT molecular complexity index is 387. The van der Waals surface area contributed by atoms with Crippen LogP contribution in [0.3, 0.4) is 0 Å². The lowest BCUT2D eigenvalue weighted by atomic mass is 10.0. The van der Waals surface area contributed by atoms with E-state index in [-0.39, 0.29) is 5.78 Å². The zero-order chi connectivity index (χ0) is 13.1. The van der Waals surface area contributed by atoms with E-state index in [2.05, 4.69) is 0 Å². The lowest BCUT2D eigenvalue weighted by Crippen LogP contribution is -2.31. The van der Waals surface area contributed by atoms with Crippen molar-refractivity contribution in [3.05, 3.63) is 22.4 Å². The quantitative estimate of drug-likeness (QED) is 0.613. The molecule has 0 aliphatic carbocycles. The van der Waals surface area contributed by atoms with Crippen molar-refractivity contribution in [2.45, 2.75) is 39.7 Å². The fourth-order valence-corrected chi connectivity index (χ4v) is 1.97. The van der Waals surface area contributed by atoms with Crippen LogP contribution in [-0.4, -0.2) is 17.4 Å². The molecule has 17 heavy (non-hydrogen) atoms. The molecule has 0 bridgehead atoms. The Morgan fingerprint density at radius 2 is 2.06 bits per heavy atom. The highest BCUT2D eigenvalue weighted by atomic mass is 32.1. The van der Waals surface area contributed by atoms with Crippen LogP contribution in [0.25, 0.3) is 0 Å². The third kappa shape index (κ3) is 4.69. The number of thiophene rings is 1. The van der Waals surface area contributed by atoms with Gasteiger partial charge in [0.05, 0.1) is 0 Å². The molecule has 0 saturated heterocycles. The molecule has 0 aliphatic rings. The summed E-state index contributed by atoms with van der Waals surface area (Å²) >= 11 is 1.52. The van der Waals surface area contributed by atoms with Crippen molar-refractivity contribution >= 4 is 23.1 Å². The van der Waals surface area contributed by atoms with Gasteiger partial charge in [0.25, 0.3) is 0 Å². The molecule has 0 radical (unpaired) electrons. The summed E-state index contributed by atoms with van der Waals surface area (Å²) in [5.41, 5.74) is -0.547. The molecular formula is C13H18O3S. The smallest absolute Gasteiger partial charge is 0.316 e. The van der Waals surface area contributed by atoms with Gasteiger partial charge in [0.15, 0.2) is 5.78 Å². The molecule has 1 atom stereocenters. The van der Waals surface area contributed by atoms with E-state index in [9.17, 15) is 9.59 Å². The van der Waals surface area contributed by atoms with E-state index in [1.807, 2.05) is 17.5 Å². The predicted octanol–water partition coefficient (Wildman–Crippen LogP) is 2.84. The first-order valence-corrected chi connectivity index (χ1v) is 6.45. The van der Waals surface area contributed by atoms with Crippen LogP contribution < -0.4 is 0 Å². The Hall–Kier alpha value is -1.16. The number of hydrogen-bond acceptors (Lipinski definition) is 4. The highest BCUT2D eigenvalue weighted by Gasteiger charge is 2.27. The standard InChI is InChI=1S/C13H18O3S/c1-9(12(15)16-13(2,3)4)11(14)8-10-6-5-7-17-10/h5-7,9H,8H2,1-4H3. The maximum atomic E-state index is 11.8. The molecule has 0 fully saturated rings. The van der Waals surface area contributed by atoms with Gasteiger partial charge >= 0.3 is 5.97 Å². The molecule has 0 spiro atoms. The molecule has 1 rings (SSSR count).